The average Bonchev–Trinajstić information content (AvgIpc) is 3.09. The molecule has 49 heavy (non-hydrogen) atoms. The Balaban J connectivity index is 0.00000128. The van der Waals surface area contributed by atoms with Crippen molar-refractivity contribution in [2.75, 3.05) is 35.0 Å². The lowest BCUT2D eigenvalue weighted by molar-refractivity contribution is -0.386. The lowest BCUT2D eigenvalue weighted by Crippen LogP contribution is -2.49. The second kappa shape index (κ2) is 17.5. The maximum absolute atomic E-state index is 12.9. The molecule has 0 bridgehead atoms. The van der Waals surface area contributed by atoms with E-state index in [2.05, 4.69) is 5.14 Å². The number of nitro benzene ring substituents is 1. The van der Waals surface area contributed by atoms with Gasteiger partial charge in [-0.05, 0) is 96.0 Å². The predicted octanol–water partition coefficient (Wildman–Crippen LogP) is 6.19. The van der Waals surface area contributed by atoms with Crippen molar-refractivity contribution in [3.63, 3.8) is 0 Å². The van der Waals surface area contributed by atoms with Crippen LogP contribution in [0.4, 0.5) is 5.69 Å². The number of thiol groups is 1. The Morgan fingerprint density at radius 1 is 0.878 bits per heavy atom. The molecule has 4 aromatic carbocycles. The van der Waals surface area contributed by atoms with E-state index < -0.39 is 22.6 Å². The van der Waals surface area contributed by atoms with Crippen molar-refractivity contribution in [3.8, 4) is 17.2 Å². The van der Waals surface area contributed by atoms with Crippen molar-refractivity contribution in [1.82, 2.24) is 0 Å². The van der Waals surface area contributed by atoms with Crippen LogP contribution in [-0.2, 0) is 45.0 Å². The van der Waals surface area contributed by atoms with Crippen LogP contribution in [0.2, 0.25) is 5.02 Å². The average molecular weight is 713 g/mol. The van der Waals surface area contributed by atoms with Gasteiger partial charge >= 0.3 is 5.69 Å². The molecule has 0 fully saturated rings. The molecule has 0 spiro atoms. The fourth-order valence-electron chi connectivity index (χ4n) is 6.45. The zero-order chi connectivity index (χ0) is 35.6. The number of nitro groups is 1. The summed E-state index contributed by atoms with van der Waals surface area (Å²) in [5.41, 5.74) is 4.73. The lowest BCUT2D eigenvalue weighted by atomic mass is 9.69. The Morgan fingerprint density at radius 3 is 1.98 bits per heavy atom. The molecule has 2 N–H and O–H groups in total. The Bertz CT molecular complexity index is 1790. The van der Waals surface area contributed by atoms with E-state index in [1.807, 2.05) is 72.8 Å². The molecule has 1 aliphatic rings. The highest BCUT2D eigenvalue weighted by Gasteiger charge is 2.46. The van der Waals surface area contributed by atoms with Gasteiger partial charge in [-0.3, -0.25) is 10.1 Å². The van der Waals surface area contributed by atoms with Gasteiger partial charge in [0, 0.05) is 31.2 Å². The van der Waals surface area contributed by atoms with Gasteiger partial charge in [0.2, 0.25) is 0 Å². The SMILES string of the molecule is COc1ccc(Cc2ccc(OC[C@@]3(C(OC)OC)CCCc4cc(Cl)ccc43)c([N+](=O)[O-])c2Cc2ccc(OC)cc2)cc1.N[SH](=O)=O. The zero-order valence-corrected chi connectivity index (χ0v) is 29.5. The Hall–Kier alpha value is -4.20. The number of rotatable bonds is 13. The molecule has 0 unspecified atom stereocenters. The van der Waals surface area contributed by atoms with Crippen LogP contribution in [0.5, 0.6) is 17.2 Å². The first-order valence-corrected chi connectivity index (χ1v) is 17.1. The molecular formula is C36H41ClN2O9S. The predicted molar refractivity (Wildman–Crippen MR) is 189 cm³/mol. The van der Waals surface area contributed by atoms with E-state index in [-0.39, 0.29) is 23.0 Å². The van der Waals surface area contributed by atoms with Gasteiger partial charge in [-0.15, -0.1) is 0 Å². The van der Waals surface area contributed by atoms with Gasteiger partial charge in [0.1, 0.15) is 18.1 Å². The summed E-state index contributed by atoms with van der Waals surface area (Å²) in [7, 11) is 3.81. The second-order valence-electron chi connectivity index (χ2n) is 11.5. The maximum Gasteiger partial charge on any atom is 0.314 e. The number of halogens is 1. The van der Waals surface area contributed by atoms with Crippen molar-refractivity contribution in [3.05, 3.63) is 127 Å². The number of aryl methyl sites for hydroxylation is 1. The van der Waals surface area contributed by atoms with Gasteiger partial charge in [-0.25, -0.2) is 13.6 Å². The summed E-state index contributed by atoms with van der Waals surface area (Å²) in [6.45, 7) is 0.120. The molecule has 262 valence electrons. The highest BCUT2D eigenvalue weighted by atomic mass is 35.5. The van der Waals surface area contributed by atoms with E-state index in [0.717, 1.165) is 52.8 Å². The molecule has 0 saturated carbocycles. The van der Waals surface area contributed by atoms with Gasteiger partial charge in [-0.1, -0.05) is 48.0 Å². The molecule has 0 radical (unpaired) electrons. The number of fused-ring (bicyclic) bond motifs is 1. The summed E-state index contributed by atoms with van der Waals surface area (Å²) in [6, 6.07) is 24.7. The number of hydrogen-bond donors (Lipinski definition) is 2. The molecule has 0 aromatic heterocycles. The number of benzene rings is 4. The first-order chi connectivity index (χ1) is 23.5. The first kappa shape index (κ1) is 37.6. The number of methoxy groups -OCH3 is 4. The molecule has 0 saturated heterocycles. The van der Waals surface area contributed by atoms with Crippen LogP contribution >= 0.6 is 11.6 Å². The van der Waals surface area contributed by atoms with E-state index in [1.165, 1.54) is 0 Å². The Kier molecular flexibility index (Phi) is 13.4. The molecule has 1 atom stereocenters. The lowest BCUT2D eigenvalue weighted by Gasteiger charge is -2.43. The van der Waals surface area contributed by atoms with Crippen LogP contribution in [-0.4, -0.2) is 54.7 Å². The third-order valence-electron chi connectivity index (χ3n) is 8.66. The monoisotopic (exact) mass is 712 g/mol. The topological polar surface area (TPSA) is 149 Å². The van der Waals surface area contributed by atoms with Crippen molar-refractivity contribution >= 4 is 28.2 Å². The molecule has 5 rings (SSSR count). The maximum atomic E-state index is 12.9. The van der Waals surface area contributed by atoms with Crippen LogP contribution in [0.3, 0.4) is 0 Å². The van der Waals surface area contributed by atoms with Crippen LogP contribution in [0.25, 0.3) is 0 Å². The van der Waals surface area contributed by atoms with Gasteiger partial charge < -0.3 is 23.7 Å². The summed E-state index contributed by atoms with van der Waals surface area (Å²) in [5, 5.41) is 17.6. The van der Waals surface area contributed by atoms with Gasteiger partial charge in [0.25, 0.3) is 0 Å². The molecule has 0 heterocycles. The number of nitrogens with zero attached hydrogens (tertiary/aromatic N) is 1. The molecule has 0 amide bonds. The van der Waals surface area contributed by atoms with E-state index in [9.17, 15) is 10.1 Å². The van der Waals surface area contributed by atoms with Gasteiger partial charge in [-0.2, -0.15) is 0 Å². The molecule has 0 aliphatic heterocycles. The fourth-order valence-corrected chi connectivity index (χ4v) is 6.64. The van der Waals surface area contributed by atoms with Crippen LogP contribution < -0.4 is 19.3 Å². The molecule has 11 nitrogen and oxygen atoms in total. The van der Waals surface area contributed by atoms with Crippen molar-refractivity contribution in [2.45, 2.75) is 43.8 Å². The molecule has 13 heteroatoms. The minimum Gasteiger partial charge on any atom is -0.497 e. The summed E-state index contributed by atoms with van der Waals surface area (Å²) in [4.78, 5) is 12.5. The summed E-state index contributed by atoms with van der Waals surface area (Å²) in [6.07, 6.45) is 2.66. The molecule has 1 aliphatic carbocycles. The minimum absolute atomic E-state index is 0.0505. The van der Waals surface area contributed by atoms with E-state index >= 15 is 0 Å². The third-order valence-corrected chi connectivity index (χ3v) is 8.89. The van der Waals surface area contributed by atoms with Crippen LogP contribution in [0.1, 0.15) is 46.2 Å². The number of nitrogens with two attached hydrogens (primary N) is 1. The second-order valence-corrected chi connectivity index (χ2v) is 12.6. The van der Waals surface area contributed by atoms with Crippen molar-refractivity contribution in [1.29, 1.82) is 0 Å². The number of ether oxygens (including phenoxy) is 5. The van der Waals surface area contributed by atoms with Gasteiger partial charge in [0.05, 0.1) is 24.6 Å². The van der Waals surface area contributed by atoms with Crippen LogP contribution in [0, 0.1) is 10.1 Å². The fraction of sp³-hybridized carbons (Fsp3) is 0.333. The normalized spacial score (nSPS) is 15.3. The smallest absolute Gasteiger partial charge is 0.314 e. The zero-order valence-electron chi connectivity index (χ0n) is 27.8. The van der Waals surface area contributed by atoms with Gasteiger partial charge in [0.15, 0.2) is 22.9 Å². The molecular weight excluding hydrogens is 672 g/mol. The largest absolute Gasteiger partial charge is 0.497 e. The highest BCUT2D eigenvalue weighted by Crippen LogP contribution is 2.44. The van der Waals surface area contributed by atoms with E-state index in [1.54, 1.807) is 34.5 Å². The van der Waals surface area contributed by atoms with Crippen molar-refractivity contribution in [2.24, 2.45) is 5.14 Å². The Morgan fingerprint density at radius 2 is 1.45 bits per heavy atom. The number of hydrogen-bond acceptors (Lipinski definition) is 9. The molecule has 4 aromatic rings. The van der Waals surface area contributed by atoms with Crippen molar-refractivity contribution < 1.29 is 37.0 Å². The third kappa shape index (κ3) is 9.28. The van der Waals surface area contributed by atoms with E-state index in [0.29, 0.717) is 29.2 Å². The Labute approximate surface area is 293 Å². The van der Waals surface area contributed by atoms with Crippen LogP contribution in [0.15, 0.2) is 78.9 Å². The summed E-state index contributed by atoms with van der Waals surface area (Å²) in [5.74, 6) is 1.67. The highest BCUT2D eigenvalue weighted by molar-refractivity contribution is 7.69. The summed E-state index contributed by atoms with van der Waals surface area (Å²) >= 11 is 6.35. The minimum atomic E-state index is -2.62. The standard InChI is InChI=1S/C36H38ClNO7.H3NO2S/c1-41-29-13-7-24(8-14-29)20-26-11-18-33(34(38(39)40)31(26)21-25-9-15-30(42-2)16-10-25)45-23-36(35(43-3)44-4)19-5-6-27-22-28(37)12-17-32(27)36;1-4(2)3/h7-18,22,35H,5-6,19-21,23H2,1-4H3;4H,(H2,1,2,3)/t36-;/m0./s1. The quantitative estimate of drug-likeness (QED) is 0.0716. The summed E-state index contributed by atoms with van der Waals surface area (Å²) < 4.78 is 46.4. The van der Waals surface area contributed by atoms with E-state index in [4.69, 9.17) is 43.7 Å². The first-order valence-electron chi connectivity index (χ1n) is 15.5.